The second-order valence-electron chi connectivity index (χ2n) is 6.60. The van der Waals surface area contributed by atoms with Crippen molar-refractivity contribution in [1.29, 1.82) is 0 Å². The molecule has 2 heterocycles. The maximum atomic E-state index is 12.1. The van der Waals surface area contributed by atoms with Crippen molar-refractivity contribution in [3.05, 3.63) is 24.5 Å². The van der Waals surface area contributed by atoms with Crippen molar-refractivity contribution in [2.24, 2.45) is 0 Å². The van der Waals surface area contributed by atoms with E-state index in [1.165, 1.54) is 0 Å². The molecule has 1 aliphatic heterocycles. The van der Waals surface area contributed by atoms with Crippen molar-refractivity contribution in [1.82, 2.24) is 14.8 Å². The average molecular weight is 315 g/mol. The number of anilines is 2. The van der Waals surface area contributed by atoms with Crippen molar-refractivity contribution in [2.45, 2.75) is 32.9 Å². The van der Waals surface area contributed by atoms with E-state index in [0.717, 1.165) is 30.2 Å². The molecular weight excluding hydrogens is 294 g/mol. The van der Waals surface area contributed by atoms with Gasteiger partial charge in [-0.15, -0.1) is 10.2 Å². The van der Waals surface area contributed by atoms with Crippen LogP contribution >= 0.6 is 0 Å². The number of fused-ring (bicyclic) bond motifs is 3. The quantitative estimate of drug-likeness (QED) is 0.876. The number of hydrogen-bond donors (Lipinski definition) is 1. The van der Waals surface area contributed by atoms with Crippen molar-refractivity contribution < 1.29 is 9.53 Å². The molecule has 1 aromatic carbocycles. The summed E-state index contributed by atoms with van der Waals surface area (Å²) in [6.45, 7) is 7.11. The molecule has 0 bridgehead atoms. The lowest BCUT2D eigenvalue weighted by molar-refractivity contribution is 0.0636. The Bertz CT molecular complexity index is 732. The summed E-state index contributed by atoms with van der Waals surface area (Å²) >= 11 is 0. The summed E-state index contributed by atoms with van der Waals surface area (Å²) < 4.78 is 7.37. The molecular formula is C16H21N5O2. The van der Waals surface area contributed by atoms with Crippen LogP contribution in [0.15, 0.2) is 24.5 Å². The van der Waals surface area contributed by atoms with Gasteiger partial charge in [0.15, 0.2) is 5.82 Å². The van der Waals surface area contributed by atoms with Crippen LogP contribution in [0.5, 0.6) is 0 Å². The Morgan fingerprint density at radius 1 is 1.30 bits per heavy atom. The third-order valence-corrected chi connectivity index (χ3v) is 3.59. The van der Waals surface area contributed by atoms with Crippen LogP contribution < -0.4 is 10.2 Å². The Morgan fingerprint density at radius 2 is 2.09 bits per heavy atom. The molecule has 1 aliphatic rings. The molecule has 0 saturated heterocycles. The maximum absolute atomic E-state index is 12.1. The second kappa shape index (κ2) is 5.57. The number of para-hydroxylation sites is 1. The Labute approximate surface area is 135 Å². The predicted octanol–water partition coefficient (Wildman–Crippen LogP) is 2.74. The highest BCUT2D eigenvalue weighted by molar-refractivity contribution is 5.95. The van der Waals surface area contributed by atoms with Crippen molar-refractivity contribution >= 4 is 17.5 Å². The van der Waals surface area contributed by atoms with E-state index in [1.807, 2.05) is 50.6 Å². The molecule has 0 atom stereocenters. The average Bonchev–Trinajstić information content (AvgIpc) is 2.85. The number of aromatic nitrogens is 3. The van der Waals surface area contributed by atoms with E-state index in [2.05, 4.69) is 20.4 Å². The van der Waals surface area contributed by atoms with E-state index in [1.54, 1.807) is 6.33 Å². The third-order valence-electron chi connectivity index (χ3n) is 3.59. The zero-order valence-corrected chi connectivity index (χ0v) is 13.8. The standard InChI is InChI=1S/C16H21N5O2/c1-16(2,3)23-15(22)18-12-7-5-6-11-13(12)20(4)8-9-21-10-17-19-14(11)21/h5-7,10H,8-9H2,1-4H3,(H,18,22). The van der Waals surface area contributed by atoms with Crippen molar-refractivity contribution in [2.75, 3.05) is 23.8 Å². The van der Waals surface area contributed by atoms with Gasteiger partial charge in [-0.2, -0.15) is 0 Å². The van der Waals surface area contributed by atoms with Gasteiger partial charge in [0.05, 0.1) is 11.4 Å². The zero-order valence-electron chi connectivity index (χ0n) is 13.8. The van der Waals surface area contributed by atoms with E-state index in [0.29, 0.717) is 5.69 Å². The SMILES string of the molecule is CN1CCn2cnnc2-c2cccc(NC(=O)OC(C)(C)C)c21. The van der Waals surface area contributed by atoms with Crippen LogP contribution in [0.4, 0.5) is 16.2 Å². The zero-order chi connectivity index (χ0) is 16.6. The van der Waals surface area contributed by atoms with Crippen LogP contribution in [0.2, 0.25) is 0 Å². The molecule has 23 heavy (non-hydrogen) atoms. The third kappa shape index (κ3) is 3.13. The van der Waals surface area contributed by atoms with Gasteiger partial charge in [-0.3, -0.25) is 5.32 Å². The molecule has 7 heteroatoms. The number of carbonyl (C=O) groups is 1. The van der Waals surface area contributed by atoms with Crippen LogP contribution in [0.25, 0.3) is 11.4 Å². The Balaban J connectivity index is 1.99. The number of nitrogens with zero attached hydrogens (tertiary/aromatic N) is 4. The molecule has 7 nitrogen and oxygen atoms in total. The molecule has 1 aromatic heterocycles. The number of likely N-dealkylation sites (N-methyl/N-ethyl adjacent to an activating group) is 1. The monoisotopic (exact) mass is 315 g/mol. The highest BCUT2D eigenvalue weighted by Gasteiger charge is 2.24. The summed E-state index contributed by atoms with van der Waals surface area (Å²) in [4.78, 5) is 14.2. The topological polar surface area (TPSA) is 72.3 Å². The first-order valence-electron chi connectivity index (χ1n) is 7.57. The normalized spacial score (nSPS) is 13.8. The van der Waals surface area contributed by atoms with E-state index in [9.17, 15) is 4.79 Å². The molecule has 0 saturated carbocycles. The molecule has 3 rings (SSSR count). The van der Waals surface area contributed by atoms with E-state index >= 15 is 0 Å². The first kappa shape index (κ1) is 15.3. The number of carbonyl (C=O) groups excluding carboxylic acids is 1. The van der Waals surface area contributed by atoms with Crippen LogP contribution in [0.1, 0.15) is 20.8 Å². The minimum Gasteiger partial charge on any atom is -0.444 e. The van der Waals surface area contributed by atoms with E-state index in [-0.39, 0.29) is 0 Å². The molecule has 0 aliphatic carbocycles. The molecule has 1 amide bonds. The summed E-state index contributed by atoms with van der Waals surface area (Å²) in [7, 11) is 2.00. The fourth-order valence-corrected chi connectivity index (χ4v) is 2.65. The van der Waals surface area contributed by atoms with E-state index < -0.39 is 11.7 Å². The fourth-order valence-electron chi connectivity index (χ4n) is 2.65. The molecule has 0 fully saturated rings. The van der Waals surface area contributed by atoms with Crippen LogP contribution in [0.3, 0.4) is 0 Å². The first-order chi connectivity index (χ1) is 10.8. The minimum atomic E-state index is -0.540. The van der Waals surface area contributed by atoms with Gasteiger partial charge in [0.1, 0.15) is 11.9 Å². The van der Waals surface area contributed by atoms with Gasteiger partial charge in [-0.1, -0.05) is 6.07 Å². The Hall–Kier alpha value is -2.57. The number of benzene rings is 1. The lowest BCUT2D eigenvalue weighted by Crippen LogP contribution is -2.28. The fraction of sp³-hybridized carbons (Fsp3) is 0.438. The summed E-state index contributed by atoms with van der Waals surface area (Å²) in [5.74, 6) is 0.803. The highest BCUT2D eigenvalue weighted by Crippen LogP contribution is 2.37. The van der Waals surface area contributed by atoms with Gasteiger partial charge in [0.25, 0.3) is 0 Å². The summed E-state index contributed by atoms with van der Waals surface area (Å²) in [5.41, 5.74) is 2.03. The lowest BCUT2D eigenvalue weighted by Gasteiger charge is -2.24. The molecule has 0 radical (unpaired) electrons. The predicted molar refractivity (Wildman–Crippen MR) is 88.6 cm³/mol. The molecule has 122 valence electrons. The largest absolute Gasteiger partial charge is 0.444 e. The van der Waals surface area contributed by atoms with Gasteiger partial charge in [0.2, 0.25) is 0 Å². The number of hydrogen-bond acceptors (Lipinski definition) is 5. The van der Waals surface area contributed by atoms with Gasteiger partial charge in [0, 0.05) is 25.7 Å². The Morgan fingerprint density at radius 3 is 2.83 bits per heavy atom. The van der Waals surface area contributed by atoms with Crippen LogP contribution in [-0.2, 0) is 11.3 Å². The number of ether oxygens (including phenoxy) is 1. The van der Waals surface area contributed by atoms with Crippen LogP contribution in [0, 0.1) is 0 Å². The number of nitrogens with one attached hydrogen (secondary N) is 1. The smallest absolute Gasteiger partial charge is 0.412 e. The first-order valence-corrected chi connectivity index (χ1v) is 7.57. The van der Waals surface area contributed by atoms with Gasteiger partial charge in [-0.05, 0) is 32.9 Å². The number of amides is 1. The van der Waals surface area contributed by atoms with Crippen molar-refractivity contribution in [3.63, 3.8) is 0 Å². The molecule has 0 spiro atoms. The van der Waals surface area contributed by atoms with Crippen molar-refractivity contribution in [3.8, 4) is 11.4 Å². The maximum Gasteiger partial charge on any atom is 0.412 e. The summed E-state index contributed by atoms with van der Waals surface area (Å²) in [6.07, 6.45) is 1.26. The van der Waals surface area contributed by atoms with Crippen LogP contribution in [-0.4, -0.2) is 40.1 Å². The minimum absolute atomic E-state index is 0.468. The molecule has 1 N–H and O–H groups in total. The lowest BCUT2D eigenvalue weighted by atomic mass is 10.1. The molecule has 2 aromatic rings. The van der Waals surface area contributed by atoms with Gasteiger partial charge in [-0.25, -0.2) is 4.79 Å². The summed E-state index contributed by atoms with van der Waals surface area (Å²) in [5, 5.41) is 11.1. The Kier molecular flexibility index (Phi) is 3.71. The molecule has 0 unspecified atom stereocenters. The van der Waals surface area contributed by atoms with Gasteiger partial charge < -0.3 is 14.2 Å². The second-order valence-corrected chi connectivity index (χ2v) is 6.60. The summed E-state index contributed by atoms with van der Waals surface area (Å²) in [6, 6.07) is 5.74. The number of rotatable bonds is 1. The van der Waals surface area contributed by atoms with Gasteiger partial charge >= 0.3 is 6.09 Å². The highest BCUT2D eigenvalue weighted by atomic mass is 16.6. The van der Waals surface area contributed by atoms with E-state index in [4.69, 9.17) is 4.74 Å².